The van der Waals surface area contributed by atoms with Crippen LogP contribution in [0.25, 0.3) is 0 Å². The fraction of sp³-hybridized carbons (Fsp3) is 0.188. The Morgan fingerprint density at radius 1 is 1.00 bits per heavy atom. The van der Waals surface area contributed by atoms with E-state index >= 15 is 0 Å². The number of anilines is 2. The third kappa shape index (κ3) is 3.45. The second-order valence-electron chi connectivity index (χ2n) is 4.76. The maximum atomic E-state index is 5.29. The van der Waals surface area contributed by atoms with E-state index in [9.17, 15) is 0 Å². The summed E-state index contributed by atoms with van der Waals surface area (Å²) in [5.41, 5.74) is 2.04. The standard InChI is InChI=1S/C16H17N3O2/c1-12-8-13(17-10-14-4-2-6-20-14)9-18-16(12)19-11-15-5-3-7-21-15/h2-9,17H,10-11H2,1H3,(H,18,19). The molecule has 3 rings (SSSR count). The van der Waals surface area contributed by atoms with E-state index in [-0.39, 0.29) is 0 Å². The van der Waals surface area contributed by atoms with Gasteiger partial charge in [0.25, 0.3) is 0 Å². The van der Waals surface area contributed by atoms with Crippen LogP contribution in [0.3, 0.4) is 0 Å². The van der Waals surface area contributed by atoms with Gasteiger partial charge in [0, 0.05) is 0 Å². The van der Waals surface area contributed by atoms with Crippen LogP contribution in [0, 0.1) is 6.92 Å². The Bertz CT molecular complexity index is 676. The maximum absolute atomic E-state index is 5.29. The highest BCUT2D eigenvalue weighted by Crippen LogP contribution is 2.18. The zero-order valence-electron chi connectivity index (χ0n) is 11.8. The molecule has 0 unspecified atom stereocenters. The largest absolute Gasteiger partial charge is 0.467 e. The summed E-state index contributed by atoms with van der Waals surface area (Å²) in [6, 6.07) is 9.68. The van der Waals surface area contributed by atoms with E-state index in [2.05, 4.69) is 21.7 Å². The van der Waals surface area contributed by atoms with Gasteiger partial charge in [0.05, 0.1) is 37.5 Å². The zero-order chi connectivity index (χ0) is 14.5. The van der Waals surface area contributed by atoms with Gasteiger partial charge in [0.15, 0.2) is 0 Å². The lowest BCUT2D eigenvalue weighted by Crippen LogP contribution is -2.04. The molecule has 3 heterocycles. The average Bonchev–Trinajstić information content (AvgIpc) is 3.17. The first kappa shape index (κ1) is 13.3. The van der Waals surface area contributed by atoms with E-state index in [0.717, 1.165) is 28.6 Å². The van der Waals surface area contributed by atoms with Crippen LogP contribution < -0.4 is 10.6 Å². The van der Waals surface area contributed by atoms with Crippen LogP contribution in [-0.4, -0.2) is 4.98 Å². The lowest BCUT2D eigenvalue weighted by molar-refractivity contribution is 0.517. The molecule has 5 heteroatoms. The highest BCUT2D eigenvalue weighted by atomic mass is 16.3. The van der Waals surface area contributed by atoms with Gasteiger partial charge in [-0.2, -0.15) is 0 Å². The van der Waals surface area contributed by atoms with Crippen LogP contribution >= 0.6 is 0 Å². The van der Waals surface area contributed by atoms with Gasteiger partial charge in [-0.05, 0) is 42.8 Å². The predicted molar refractivity (Wildman–Crippen MR) is 81.0 cm³/mol. The van der Waals surface area contributed by atoms with Crippen LogP contribution in [0.1, 0.15) is 17.1 Å². The highest BCUT2D eigenvalue weighted by Gasteiger charge is 2.03. The number of aryl methyl sites for hydroxylation is 1. The molecular weight excluding hydrogens is 266 g/mol. The lowest BCUT2D eigenvalue weighted by atomic mass is 10.2. The number of rotatable bonds is 6. The first-order chi connectivity index (χ1) is 10.3. The molecule has 3 aromatic heterocycles. The van der Waals surface area contributed by atoms with Crippen molar-refractivity contribution in [1.29, 1.82) is 0 Å². The first-order valence-electron chi connectivity index (χ1n) is 6.80. The fourth-order valence-corrected chi connectivity index (χ4v) is 2.04. The molecule has 108 valence electrons. The number of nitrogens with one attached hydrogen (secondary N) is 2. The quantitative estimate of drug-likeness (QED) is 0.720. The summed E-state index contributed by atoms with van der Waals surface area (Å²) < 4.78 is 10.6. The molecule has 0 aromatic carbocycles. The molecule has 0 aliphatic heterocycles. The van der Waals surface area contributed by atoms with Gasteiger partial charge in [-0.1, -0.05) is 0 Å². The molecular formula is C16H17N3O2. The Hall–Kier alpha value is -2.69. The molecule has 0 aliphatic rings. The molecule has 0 aliphatic carbocycles. The van der Waals surface area contributed by atoms with Gasteiger partial charge >= 0.3 is 0 Å². The second-order valence-corrected chi connectivity index (χ2v) is 4.76. The number of pyridine rings is 1. The highest BCUT2D eigenvalue weighted by molar-refractivity contribution is 5.53. The Morgan fingerprint density at radius 3 is 2.24 bits per heavy atom. The monoisotopic (exact) mass is 283 g/mol. The van der Waals surface area contributed by atoms with E-state index in [1.165, 1.54) is 0 Å². The SMILES string of the molecule is Cc1cc(NCc2ccco2)cnc1NCc1ccco1. The molecule has 0 saturated carbocycles. The van der Waals surface area contributed by atoms with Gasteiger partial charge < -0.3 is 19.5 Å². The summed E-state index contributed by atoms with van der Waals surface area (Å²) in [5, 5.41) is 6.54. The van der Waals surface area contributed by atoms with E-state index in [1.807, 2.05) is 31.2 Å². The van der Waals surface area contributed by atoms with Gasteiger partial charge in [-0.25, -0.2) is 4.98 Å². The average molecular weight is 283 g/mol. The number of hydrogen-bond acceptors (Lipinski definition) is 5. The Labute approximate surface area is 123 Å². The molecule has 0 bridgehead atoms. The van der Waals surface area contributed by atoms with Crippen molar-refractivity contribution in [3.05, 3.63) is 66.1 Å². The van der Waals surface area contributed by atoms with E-state index < -0.39 is 0 Å². The zero-order valence-corrected chi connectivity index (χ0v) is 11.8. The van der Waals surface area contributed by atoms with Crippen LogP contribution in [0.15, 0.2) is 57.9 Å². The van der Waals surface area contributed by atoms with E-state index in [4.69, 9.17) is 8.83 Å². The fourth-order valence-electron chi connectivity index (χ4n) is 2.04. The van der Waals surface area contributed by atoms with Gasteiger partial charge in [-0.3, -0.25) is 0 Å². The third-order valence-corrected chi connectivity index (χ3v) is 3.14. The topological polar surface area (TPSA) is 63.2 Å². The minimum atomic E-state index is 0.625. The maximum Gasteiger partial charge on any atom is 0.129 e. The van der Waals surface area contributed by atoms with Crippen LogP contribution in [-0.2, 0) is 13.1 Å². The van der Waals surface area contributed by atoms with Crippen LogP contribution in [0.5, 0.6) is 0 Å². The van der Waals surface area contributed by atoms with Crippen LogP contribution in [0.2, 0.25) is 0 Å². The first-order valence-corrected chi connectivity index (χ1v) is 6.80. The lowest BCUT2D eigenvalue weighted by Gasteiger charge is -2.10. The molecule has 0 spiro atoms. The van der Waals surface area contributed by atoms with Gasteiger partial charge in [0.1, 0.15) is 17.3 Å². The van der Waals surface area contributed by atoms with Crippen LogP contribution in [0.4, 0.5) is 11.5 Å². The summed E-state index contributed by atoms with van der Waals surface area (Å²) in [6.45, 7) is 3.29. The smallest absolute Gasteiger partial charge is 0.129 e. The van der Waals surface area contributed by atoms with Crippen molar-refractivity contribution in [3.8, 4) is 0 Å². The van der Waals surface area contributed by atoms with Crippen molar-refractivity contribution < 1.29 is 8.83 Å². The molecule has 21 heavy (non-hydrogen) atoms. The van der Waals surface area contributed by atoms with Crippen molar-refractivity contribution >= 4 is 11.5 Å². The summed E-state index contributed by atoms with van der Waals surface area (Å²) in [5.74, 6) is 2.64. The molecule has 0 atom stereocenters. The molecule has 3 aromatic rings. The predicted octanol–water partition coefficient (Wildman–Crippen LogP) is 3.80. The third-order valence-electron chi connectivity index (χ3n) is 3.14. The minimum absolute atomic E-state index is 0.625. The van der Waals surface area contributed by atoms with Gasteiger partial charge in [-0.15, -0.1) is 0 Å². The number of hydrogen-bond donors (Lipinski definition) is 2. The van der Waals surface area contributed by atoms with Crippen molar-refractivity contribution in [2.45, 2.75) is 20.0 Å². The second kappa shape index (κ2) is 6.17. The number of furan rings is 2. The Balaban J connectivity index is 1.59. The summed E-state index contributed by atoms with van der Waals surface area (Å²) in [7, 11) is 0. The molecule has 0 amide bonds. The molecule has 2 N–H and O–H groups in total. The molecule has 0 saturated heterocycles. The number of aromatic nitrogens is 1. The number of nitrogens with zero attached hydrogens (tertiary/aromatic N) is 1. The Morgan fingerprint density at radius 2 is 1.67 bits per heavy atom. The molecule has 5 nitrogen and oxygen atoms in total. The molecule has 0 fully saturated rings. The summed E-state index contributed by atoms with van der Waals surface area (Å²) in [4.78, 5) is 4.43. The van der Waals surface area contributed by atoms with Crippen molar-refractivity contribution in [1.82, 2.24) is 4.98 Å². The Kier molecular flexibility index (Phi) is 3.91. The minimum Gasteiger partial charge on any atom is -0.467 e. The van der Waals surface area contributed by atoms with Crippen molar-refractivity contribution in [2.24, 2.45) is 0 Å². The molecule has 0 radical (unpaired) electrons. The van der Waals surface area contributed by atoms with Gasteiger partial charge in [0.2, 0.25) is 0 Å². The van der Waals surface area contributed by atoms with Crippen molar-refractivity contribution in [2.75, 3.05) is 10.6 Å². The summed E-state index contributed by atoms with van der Waals surface area (Å²) in [6.07, 6.45) is 5.14. The van der Waals surface area contributed by atoms with E-state index in [0.29, 0.717) is 13.1 Å². The summed E-state index contributed by atoms with van der Waals surface area (Å²) >= 11 is 0. The normalized spacial score (nSPS) is 10.5. The van der Waals surface area contributed by atoms with E-state index in [1.54, 1.807) is 18.7 Å². The van der Waals surface area contributed by atoms with Crippen molar-refractivity contribution in [3.63, 3.8) is 0 Å².